The van der Waals surface area contributed by atoms with Crippen LogP contribution in [0.4, 0.5) is 0 Å². The van der Waals surface area contributed by atoms with E-state index in [0.717, 1.165) is 25.7 Å². The molecule has 0 heterocycles. The number of hydrogen-bond donors (Lipinski definition) is 1. The van der Waals surface area contributed by atoms with Gasteiger partial charge in [0.05, 0.1) is 6.10 Å². The molecule has 1 aliphatic carbocycles. The summed E-state index contributed by atoms with van der Waals surface area (Å²) in [7, 11) is 1.63. The highest BCUT2D eigenvalue weighted by Gasteiger charge is 2.21. The monoisotopic (exact) mass is 280 g/mol. The van der Waals surface area contributed by atoms with E-state index in [-0.39, 0.29) is 12.0 Å². The topological polar surface area (TPSA) is 46.5 Å². The molecule has 3 heteroatoms. The lowest BCUT2D eigenvalue weighted by Gasteiger charge is -2.23. The minimum Gasteiger partial charge on any atom is -0.389 e. The highest BCUT2D eigenvalue weighted by Crippen LogP contribution is 2.18. The van der Waals surface area contributed by atoms with E-state index in [9.17, 15) is 9.90 Å². The molecule has 20 heavy (non-hydrogen) atoms. The number of carbonyl (C=O) groups excluding carboxylic acids is 1. The first-order valence-electron chi connectivity index (χ1n) is 7.61. The fourth-order valence-corrected chi connectivity index (χ4v) is 2.54. The van der Waals surface area contributed by atoms with Crippen molar-refractivity contribution < 1.29 is 14.6 Å². The number of Topliss-reactive ketones (excluding diaryl/α,β-unsaturated/α-hetero) is 1. The number of rotatable bonds is 1. The van der Waals surface area contributed by atoms with Gasteiger partial charge in [0.25, 0.3) is 0 Å². The molecule has 0 aromatic heterocycles. The van der Waals surface area contributed by atoms with E-state index in [1.165, 1.54) is 5.57 Å². The fourth-order valence-electron chi connectivity index (χ4n) is 2.54. The van der Waals surface area contributed by atoms with Crippen LogP contribution in [-0.2, 0) is 9.53 Å². The minimum atomic E-state index is -0.551. The van der Waals surface area contributed by atoms with Crippen LogP contribution >= 0.6 is 0 Å². The number of ether oxygens (including phenoxy) is 1. The molecule has 0 aromatic carbocycles. The Kier molecular flexibility index (Phi) is 7.78. The van der Waals surface area contributed by atoms with Crippen molar-refractivity contribution >= 4 is 5.78 Å². The van der Waals surface area contributed by atoms with E-state index in [0.29, 0.717) is 18.6 Å². The first kappa shape index (κ1) is 17.1. The molecule has 0 aromatic rings. The normalized spacial score (nSPS) is 34.9. The van der Waals surface area contributed by atoms with Crippen molar-refractivity contribution in [2.45, 2.75) is 64.6 Å². The lowest BCUT2D eigenvalue weighted by Crippen LogP contribution is -2.31. The molecule has 0 aliphatic heterocycles. The largest absolute Gasteiger partial charge is 0.389 e. The zero-order valence-corrected chi connectivity index (χ0v) is 13.0. The maximum absolute atomic E-state index is 11.7. The van der Waals surface area contributed by atoms with E-state index < -0.39 is 6.10 Å². The summed E-state index contributed by atoms with van der Waals surface area (Å²) < 4.78 is 5.37. The summed E-state index contributed by atoms with van der Waals surface area (Å²) in [5.41, 5.74) is 1.17. The van der Waals surface area contributed by atoms with Crippen LogP contribution < -0.4 is 0 Å². The molecule has 0 bridgehead atoms. The molecule has 0 radical (unpaired) electrons. The van der Waals surface area contributed by atoms with E-state index in [1.54, 1.807) is 7.11 Å². The summed E-state index contributed by atoms with van der Waals surface area (Å²) in [5.74, 6) is 0.365. The van der Waals surface area contributed by atoms with Gasteiger partial charge in [-0.3, -0.25) is 4.79 Å². The maximum Gasteiger partial charge on any atom is 0.133 e. The van der Waals surface area contributed by atoms with Gasteiger partial charge in [-0.2, -0.15) is 0 Å². The van der Waals surface area contributed by atoms with Crippen molar-refractivity contribution in [1.82, 2.24) is 0 Å². The molecular formula is C17H28O3. The Labute approximate surface area is 122 Å². The van der Waals surface area contributed by atoms with Crippen molar-refractivity contribution in [3.8, 4) is 0 Å². The number of aliphatic hydroxyl groups is 1. The van der Waals surface area contributed by atoms with Crippen molar-refractivity contribution in [3.05, 3.63) is 23.8 Å². The molecule has 1 N–H and O–H groups in total. The van der Waals surface area contributed by atoms with Crippen LogP contribution in [0.25, 0.3) is 0 Å². The van der Waals surface area contributed by atoms with Gasteiger partial charge in [-0.15, -0.1) is 0 Å². The molecule has 1 aliphatic rings. The molecule has 0 saturated heterocycles. The van der Waals surface area contributed by atoms with Gasteiger partial charge in [0.15, 0.2) is 0 Å². The summed E-state index contributed by atoms with van der Waals surface area (Å²) in [4.78, 5) is 11.7. The van der Waals surface area contributed by atoms with Gasteiger partial charge in [0, 0.05) is 25.9 Å². The van der Waals surface area contributed by atoms with Gasteiger partial charge in [-0.05, 0) is 32.6 Å². The molecule has 0 amide bonds. The number of aliphatic hydroxyl groups excluding tert-OH is 1. The van der Waals surface area contributed by atoms with Crippen LogP contribution in [0.2, 0.25) is 0 Å². The van der Waals surface area contributed by atoms with Gasteiger partial charge in [-0.1, -0.05) is 30.7 Å². The molecule has 3 nitrogen and oxygen atoms in total. The number of allylic oxidation sites excluding steroid dienone is 2. The van der Waals surface area contributed by atoms with Crippen LogP contribution in [0, 0.1) is 5.92 Å². The van der Waals surface area contributed by atoms with Gasteiger partial charge in [0.1, 0.15) is 11.9 Å². The van der Waals surface area contributed by atoms with Gasteiger partial charge in [0.2, 0.25) is 0 Å². The second kappa shape index (κ2) is 9.09. The van der Waals surface area contributed by atoms with E-state index >= 15 is 0 Å². The van der Waals surface area contributed by atoms with Crippen molar-refractivity contribution in [1.29, 1.82) is 0 Å². The van der Waals surface area contributed by atoms with Crippen molar-refractivity contribution in [2.24, 2.45) is 5.92 Å². The molecule has 3 atom stereocenters. The molecule has 1 unspecified atom stereocenters. The molecule has 1 rings (SSSR count). The summed E-state index contributed by atoms with van der Waals surface area (Å²) >= 11 is 0. The van der Waals surface area contributed by atoms with E-state index in [1.807, 2.05) is 19.9 Å². The van der Waals surface area contributed by atoms with Crippen LogP contribution in [0.5, 0.6) is 0 Å². The molecular weight excluding hydrogens is 252 g/mol. The lowest BCUT2D eigenvalue weighted by atomic mass is 9.94. The predicted octanol–water partition coefficient (Wildman–Crippen LogP) is 3.42. The highest BCUT2D eigenvalue weighted by atomic mass is 16.5. The van der Waals surface area contributed by atoms with Gasteiger partial charge >= 0.3 is 0 Å². The Morgan fingerprint density at radius 2 is 2.00 bits per heavy atom. The zero-order chi connectivity index (χ0) is 15.0. The first-order chi connectivity index (χ1) is 9.54. The van der Waals surface area contributed by atoms with Gasteiger partial charge in [-0.25, -0.2) is 0 Å². The molecule has 0 saturated carbocycles. The van der Waals surface area contributed by atoms with Gasteiger partial charge < -0.3 is 9.84 Å². The predicted molar refractivity (Wildman–Crippen MR) is 81.6 cm³/mol. The second-order valence-electron chi connectivity index (χ2n) is 5.78. The quantitative estimate of drug-likeness (QED) is 0.749. The Morgan fingerprint density at radius 3 is 2.70 bits per heavy atom. The van der Waals surface area contributed by atoms with E-state index in [4.69, 9.17) is 4.74 Å². The second-order valence-corrected chi connectivity index (χ2v) is 5.78. The Balaban J connectivity index is 2.78. The summed E-state index contributed by atoms with van der Waals surface area (Å²) in [5, 5.41) is 10.3. The zero-order valence-electron chi connectivity index (χ0n) is 13.0. The average molecular weight is 280 g/mol. The third kappa shape index (κ3) is 6.02. The van der Waals surface area contributed by atoms with Crippen LogP contribution in [-0.4, -0.2) is 30.2 Å². The van der Waals surface area contributed by atoms with Crippen LogP contribution in [0.3, 0.4) is 0 Å². The Bertz CT molecular complexity index is 357. The maximum atomic E-state index is 11.7. The standard InChI is InChI=1S/C17H28O3/c1-13-10-11-15(18)8-6-4-5-7-9-16(20-3)17(19)14(2)12-13/h7,9,12,14,16-17,19H,4-6,8,10-11H2,1-3H3/b9-7+,13-12-/t14?,16-,17-/m0/s1. The Hall–Kier alpha value is -0.930. The number of hydrogen-bond acceptors (Lipinski definition) is 3. The Morgan fingerprint density at radius 1 is 1.25 bits per heavy atom. The van der Waals surface area contributed by atoms with Crippen molar-refractivity contribution in [2.75, 3.05) is 7.11 Å². The number of methoxy groups -OCH3 is 1. The fraction of sp³-hybridized carbons (Fsp3) is 0.706. The molecule has 0 spiro atoms. The minimum absolute atomic E-state index is 0.0163. The number of ketones is 1. The summed E-state index contributed by atoms with van der Waals surface area (Å²) in [6.07, 6.45) is 10.2. The van der Waals surface area contributed by atoms with Crippen LogP contribution in [0.1, 0.15) is 52.4 Å². The molecule has 114 valence electrons. The van der Waals surface area contributed by atoms with E-state index in [2.05, 4.69) is 12.2 Å². The lowest BCUT2D eigenvalue weighted by molar-refractivity contribution is -0.119. The first-order valence-corrected chi connectivity index (χ1v) is 7.61. The van der Waals surface area contributed by atoms with Crippen LogP contribution in [0.15, 0.2) is 23.8 Å². The molecule has 0 fully saturated rings. The summed E-state index contributed by atoms with van der Waals surface area (Å²) in [6.45, 7) is 4.02. The SMILES string of the molecule is CO[C@H]1/C=C/CCCCC(=O)CC/C(C)=C\C(C)[C@@H]1O. The third-order valence-corrected chi connectivity index (χ3v) is 3.90. The highest BCUT2D eigenvalue weighted by molar-refractivity contribution is 5.78. The van der Waals surface area contributed by atoms with Crippen molar-refractivity contribution in [3.63, 3.8) is 0 Å². The summed E-state index contributed by atoms with van der Waals surface area (Å²) in [6, 6.07) is 0. The smallest absolute Gasteiger partial charge is 0.133 e. The third-order valence-electron chi connectivity index (χ3n) is 3.90. The number of carbonyl (C=O) groups is 1. The average Bonchev–Trinajstić information content (AvgIpc) is 2.43.